The van der Waals surface area contributed by atoms with Crippen LogP contribution in [0.3, 0.4) is 0 Å². The van der Waals surface area contributed by atoms with Crippen molar-refractivity contribution >= 4 is 6.03 Å². The summed E-state index contributed by atoms with van der Waals surface area (Å²) in [6, 6.07) is 5.73. The molecule has 0 radical (unpaired) electrons. The van der Waals surface area contributed by atoms with Gasteiger partial charge in [0.15, 0.2) is 11.5 Å². The van der Waals surface area contributed by atoms with Crippen LogP contribution in [0.1, 0.15) is 12.0 Å². The Kier molecular flexibility index (Phi) is 5.77. The summed E-state index contributed by atoms with van der Waals surface area (Å²) < 4.78 is 15.8. The Morgan fingerprint density at radius 1 is 1.21 bits per heavy atom. The predicted molar refractivity (Wildman–Crippen MR) is 89.3 cm³/mol. The molecule has 0 saturated carbocycles. The summed E-state index contributed by atoms with van der Waals surface area (Å²) in [4.78, 5) is 16.6. The SMILES string of the molecule is COCCN1CCCN(C(=O)NCc2ccc3c(c2)OCO3)CC1. The van der Waals surface area contributed by atoms with E-state index in [0.29, 0.717) is 6.54 Å². The molecule has 1 fully saturated rings. The van der Waals surface area contributed by atoms with Gasteiger partial charge in [-0.25, -0.2) is 4.79 Å². The molecule has 2 amide bonds. The number of rotatable bonds is 5. The molecule has 1 saturated heterocycles. The van der Waals surface area contributed by atoms with Crippen molar-refractivity contribution in [3.8, 4) is 11.5 Å². The number of carbonyl (C=O) groups is 1. The molecule has 132 valence electrons. The average molecular weight is 335 g/mol. The van der Waals surface area contributed by atoms with E-state index in [2.05, 4.69) is 10.2 Å². The zero-order chi connectivity index (χ0) is 16.8. The Hall–Kier alpha value is -1.99. The maximum Gasteiger partial charge on any atom is 0.317 e. The minimum Gasteiger partial charge on any atom is -0.454 e. The number of nitrogens with one attached hydrogen (secondary N) is 1. The maximum atomic E-state index is 12.4. The van der Waals surface area contributed by atoms with E-state index in [1.807, 2.05) is 23.1 Å². The zero-order valence-corrected chi connectivity index (χ0v) is 14.1. The van der Waals surface area contributed by atoms with Crippen molar-refractivity contribution in [2.75, 3.05) is 53.2 Å². The van der Waals surface area contributed by atoms with Gasteiger partial charge in [-0.15, -0.1) is 0 Å². The fourth-order valence-corrected chi connectivity index (χ4v) is 2.96. The van der Waals surface area contributed by atoms with E-state index in [4.69, 9.17) is 14.2 Å². The number of benzene rings is 1. The van der Waals surface area contributed by atoms with Gasteiger partial charge in [0.05, 0.1) is 6.61 Å². The van der Waals surface area contributed by atoms with Crippen LogP contribution < -0.4 is 14.8 Å². The number of amides is 2. The monoisotopic (exact) mass is 335 g/mol. The van der Waals surface area contributed by atoms with E-state index < -0.39 is 0 Å². The second-order valence-corrected chi connectivity index (χ2v) is 6.02. The molecular weight excluding hydrogens is 310 g/mol. The summed E-state index contributed by atoms with van der Waals surface area (Å²) in [7, 11) is 1.72. The van der Waals surface area contributed by atoms with Gasteiger partial charge in [-0.1, -0.05) is 6.07 Å². The third-order valence-corrected chi connectivity index (χ3v) is 4.37. The van der Waals surface area contributed by atoms with E-state index in [-0.39, 0.29) is 12.8 Å². The van der Waals surface area contributed by atoms with Crippen LogP contribution in [0, 0.1) is 0 Å². The van der Waals surface area contributed by atoms with Gasteiger partial charge >= 0.3 is 6.03 Å². The average Bonchev–Trinajstić information content (AvgIpc) is 2.94. The molecule has 24 heavy (non-hydrogen) atoms. The molecule has 2 heterocycles. The first-order valence-corrected chi connectivity index (χ1v) is 8.39. The highest BCUT2D eigenvalue weighted by molar-refractivity contribution is 5.74. The van der Waals surface area contributed by atoms with E-state index in [1.165, 1.54) is 0 Å². The standard InChI is InChI=1S/C17H25N3O4/c1-22-10-9-19-5-2-6-20(8-7-19)17(21)18-12-14-3-4-15-16(11-14)24-13-23-15/h3-4,11H,2,5-10,12-13H2,1H3,(H,18,21). The van der Waals surface area contributed by atoms with Crippen molar-refractivity contribution in [2.45, 2.75) is 13.0 Å². The zero-order valence-electron chi connectivity index (χ0n) is 14.1. The molecule has 7 heteroatoms. The van der Waals surface area contributed by atoms with Gasteiger partial charge in [0.25, 0.3) is 0 Å². The number of ether oxygens (including phenoxy) is 3. The fourth-order valence-electron chi connectivity index (χ4n) is 2.96. The van der Waals surface area contributed by atoms with Crippen molar-refractivity contribution in [2.24, 2.45) is 0 Å². The Balaban J connectivity index is 1.46. The molecule has 2 aliphatic rings. The molecule has 7 nitrogen and oxygen atoms in total. The molecule has 1 N–H and O–H groups in total. The minimum absolute atomic E-state index is 0.0127. The van der Waals surface area contributed by atoms with Crippen LogP contribution in [0.15, 0.2) is 18.2 Å². The van der Waals surface area contributed by atoms with Gasteiger partial charge in [0, 0.05) is 39.8 Å². The van der Waals surface area contributed by atoms with Crippen LogP contribution in [0.2, 0.25) is 0 Å². The molecule has 0 bridgehead atoms. The molecule has 0 aliphatic carbocycles. The highest BCUT2D eigenvalue weighted by atomic mass is 16.7. The second-order valence-electron chi connectivity index (χ2n) is 6.02. The number of nitrogens with zero attached hydrogens (tertiary/aromatic N) is 2. The van der Waals surface area contributed by atoms with E-state index >= 15 is 0 Å². The quantitative estimate of drug-likeness (QED) is 0.878. The Morgan fingerprint density at radius 3 is 2.96 bits per heavy atom. The van der Waals surface area contributed by atoms with Crippen molar-refractivity contribution in [3.05, 3.63) is 23.8 Å². The summed E-state index contributed by atoms with van der Waals surface area (Å²) in [6.07, 6.45) is 0.987. The van der Waals surface area contributed by atoms with Crippen LogP contribution in [0.4, 0.5) is 4.79 Å². The van der Waals surface area contributed by atoms with Crippen LogP contribution in [0.5, 0.6) is 11.5 Å². The smallest absolute Gasteiger partial charge is 0.317 e. The van der Waals surface area contributed by atoms with Crippen molar-refractivity contribution in [1.82, 2.24) is 15.1 Å². The highest BCUT2D eigenvalue weighted by Crippen LogP contribution is 2.32. The van der Waals surface area contributed by atoms with Crippen LogP contribution in [0.25, 0.3) is 0 Å². The van der Waals surface area contributed by atoms with E-state index in [0.717, 1.165) is 62.8 Å². The van der Waals surface area contributed by atoms with Crippen LogP contribution in [-0.4, -0.2) is 69.1 Å². The molecule has 3 rings (SSSR count). The Bertz CT molecular complexity index is 567. The lowest BCUT2D eigenvalue weighted by Gasteiger charge is -2.22. The summed E-state index contributed by atoms with van der Waals surface area (Å²) >= 11 is 0. The maximum absolute atomic E-state index is 12.4. The van der Waals surface area contributed by atoms with Crippen LogP contribution >= 0.6 is 0 Å². The normalized spacial score (nSPS) is 17.6. The fraction of sp³-hybridized carbons (Fsp3) is 0.588. The summed E-state index contributed by atoms with van der Waals surface area (Å²) in [5, 5.41) is 2.99. The predicted octanol–water partition coefficient (Wildman–Crippen LogP) is 1.28. The van der Waals surface area contributed by atoms with Crippen molar-refractivity contribution < 1.29 is 19.0 Å². The first-order chi connectivity index (χ1) is 11.8. The summed E-state index contributed by atoms with van der Waals surface area (Å²) in [6.45, 7) is 5.83. The molecule has 0 aromatic heterocycles. The second kappa shape index (κ2) is 8.21. The van der Waals surface area contributed by atoms with Gasteiger partial charge in [-0.05, 0) is 30.7 Å². The molecule has 0 atom stereocenters. The molecule has 1 aromatic rings. The van der Waals surface area contributed by atoms with Gasteiger partial charge in [-0.3, -0.25) is 4.90 Å². The topological polar surface area (TPSA) is 63.3 Å². The van der Waals surface area contributed by atoms with Crippen molar-refractivity contribution in [3.63, 3.8) is 0 Å². The largest absolute Gasteiger partial charge is 0.454 e. The molecule has 0 spiro atoms. The lowest BCUT2D eigenvalue weighted by Crippen LogP contribution is -2.42. The van der Waals surface area contributed by atoms with Gasteiger partial charge in [0.2, 0.25) is 6.79 Å². The number of methoxy groups -OCH3 is 1. The Labute approximate surface area is 142 Å². The summed E-state index contributed by atoms with van der Waals surface area (Å²) in [5.41, 5.74) is 1.00. The van der Waals surface area contributed by atoms with E-state index in [1.54, 1.807) is 7.11 Å². The van der Waals surface area contributed by atoms with E-state index in [9.17, 15) is 4.79 Å². The van der Waals surface area contributed by atoms with Gasteiger partial charge in [-0.2, -0.15) is 0 Å². The van der Waals surface area contributed by atoms with Gasteiger partial charge < -0.3 is 24.4 Å². The first-order valence-electron chi connectivity index (χ1n) is 8.39. The third-order valence-electron chi connectivity index (χ3n) is 4.37. The number of fused-ring (bicyclic) bond motifs is 1. The minimum atomic E-state index is -0.0127. The van der Waals surface area contributed by atoms with Crippen molar-refractivity contribution in [1.29, 1.82) is 0 Å². The molecular formula is C17H25N3O4. The number of urea groups is 1. The first kappa shape index (κ1) is 16.9. The lowest BCUT2D eigenvalue weighted by atomic mass is 10.2. The number of carbonyl (C=O) groups excluding carboxylic acids is 1. The summed E-state index contributed by atoms with van der Waals surface area (Å²) in [5.74, 6) is 1.50. The number of hydrogen-bond acceptors (Lipinski definition) is 5. The molecule has 2 aliphatic heterocycles. The molecule has 0 unspecified atom stereocenters. The van der Waals surface area contributed by atoms with Crippen LogP contribution in [-0.2, 0) is 11.3 Å². The number of hydrogen-bond donors (Lipinski definition) is 1. The molecule has 1 aromatic carbocycles. The Morgan fingerprint density at radius 2 is 2.08 bits per heavy atom. The third kappa shape index (κ3) is 4.30. The highest BCUT2D eigenvalue weighted by Gasteiger charge is 2.19. The van der Waals surface area contributed by atoms with Gasteiger partial charge in [0.1, 0.15) is 0 Å². The lowest BCUT2D eigenvalue weighted by molar-refractivity contribution is 0.149.